The van der Waals surface area contributed by atoms with Crippen LogP contribution in [-0.4, -0.2) is 39.8 Å². The van der Waals surface area contributed by atoms with E-state index >= 15 is 0 Å². The maximum Gasteiger partial charge on any atom is 0.180 e. The normalized spacial score (nSPS) is 18.9. The van der Waals surface area contributed by atoms with Gasteiger partial charge in [0.25, 0.3) is 0 Å². The summed E-state index contributed by atoms with van der Waals surface area (Å²) < 4.78 is 24.7. The second-order valence-electron chi connectivity index (χ2n) is 5.61. The van der Waals surface area contributed by atoms with E-state index in [1.165, 1.54) is 12.8 Å². The van der Waals surface area contributed by atoms with Crippen LogP contribution in [0.4, 0.5) is 5.69 Å². The zero-order chi connectivity index (χ0) is 15.3. The van der Waals surface area contributed by atoms with E-state index in [1.807, 2.05) is 18.2 Å². The van der Waals surface area contributed by atoms with Gasteiger partial charge < -0.3 is 10.2 Å². The van der Waals surface area contributed by atoms with E-state index in [4.69, 9.17) is 0 Å². The quantitative estimate of drug-likeness (QED) is 0.840. The third kappa shape index (κ3) is 3.98. The lowest BCUT2D eigenvalue weighted by Gasteiger charge is -2.29. The van der Waals surface area contributed by atoms with Crippen LogP contribution in [0.1, 0.15) is 33.1 Å². The lowest BCUT2D eigenvalue weighted by molar-refractivity contribution is 0.573. The highest BCUT2D eigenvalue weighted by atomic mass is 32.2. The number of hydrogen-bond donors (Lipinski definition) is 1. The molecule has 1 heterocycles. The highest BCUT2D eigenvalue weighted by Crippen LogP contribution is 2.27. The molecule has 1 N–H and O–H groups in total. The Morgan fingerprint density at radius 3 is 2.67 bits per heavy atom. The first-order valence-electron chi connectivity index (χ1n) is 7.88. The third-order valence-electron chi connectivity index (χ3n) is 4.02. The molecule has 0 aromatic heterocycles. The summed E-state index contributed by atoms with van der Waals surface area (Å²) in [7, 11) is -3.19. The molecule has 0 saturated carbocycles. The van der Waals surface area contributed by atoms with Crippen molar-refractivity contribution >= 4 is 15.5 Å². The molecule has 0 bridgehead atoms. The zero-order valence-corrected chi connectivity index (χ0v) is 13.8. The lowest BCUT2D eigenvalue weighted by atomic mass is 10.2. The van der Waals surface area contributed by atoms with E-state index in [1.54, 1.807) is 13.0 Å². The zero-order valence-electron chi connectivity index (χ0n) is 13.0. The number of hydrogen-bond acceptors (Lipinski definition) is 4. The Morgan fingerprint density at radius 2 is 2.05 bits per heavy atom. The van der Waals surface area contributed by atoms with Crippen molar-refractivity contribution in [2.24, 2.45) is 0 Å². The van der Waals surface area contributed by atoms with Crippen LogP contribution in [0.2, 0.25) is 0 Å². The van der Waals surface area contributed by atoms with E-state index in [-0.39, 0.29) is 5.75 Å². The lowest BCUT2D eigenvalue weighted by Crippen LogP contribution is -2.38. The smallest absolute Gasteiger partial charge is 0.180 e. The second kappa shape index (κ2) is 7.27. The summed E-state index contributed by atoms with van der Waals surface area (Å²) >= 11 is 0. The van der Waals surface area contributed by atoms with Gasteiger partial charge in [0, 0.05) is 19.1 Å². The van der Waals surface area contributed by atoms with Gasteiger partial charge in [0.05, 0.1) is 16.3 Å². The molecule has 0 aliphatic carbocycles. The molecule has 1 aliphatic heterocycles. The summed E-state index contributed by atoms with van der Waals surface area (Å²) in [6, 6.07) is 7.87. The number of sulfone groups is 1. The third-order valence-corrected chi connectivity index (χ3v) is 5.79. The Morgan fingerprint density at radius 1 is 1.29 bits per heavy atom. The second-order valence-corrected chi connectivity index (χ2v) is 7.86. The van der Waals surface area contributed by atoms with Crippen molar-refractivity contribution in [3.63, 3.8) is 0 Å². The fourth-order valence-corrected chi connectivity index (χ4v) is 4.01. The first kappa shape index (κ1) is 16.3. The van der Waals surface area contributed by atoms with Crippen LogP contribution in [0.25, 0.3) is 0 Å². The van der Waals surface area contributed by atoms with Gasteiger partial charge >= 0.3 is 0 Å². The fourth-order valence-electron chi connectivity index (χ4n) is 2.90. The number of nitrogens with one attached hydrogen (secondary N) is 1. The van der Waals surface area contributed by atoms with Crippen molar-refractivity contribution < 1.29 is 8.42 Å². The maximum atomic E-state index is 12.3. The molecule has 4 nitrogen and oxygen atoms in total. The predicted molar refractivity (Wildman–Crippen MR) is 87.7 cm³/mol. The van der Waals surface area contributed by atoms with E-state index in [2.05, 4.69) is 17.1 Å². The largest absolute Gasteiger partial charge is 0.369 e. The average Bonchev–Trinajstić information content (AvgIpc) is 3.00. The van der Waals surface area contributed by atoms with Gasteiger partial charge in [0.15, 0.2) is 9.84 Å². The Kier molecular flexibility index (Phi) is 5.65. The van der Waals surface area contributed by atoms with Gasteiger partial charge in [-0.05, 0) is 37.9 Å². The number of benzene rings is 1. The Balaban J connectivity index is 2.31. The van der Waals surface area contributed by atoms with Gasteiger partial charge in [0.2, 0.25) is 0 Å². The summed E-state index contributed by atoms with van der Waals surface area (Å²) in [5, 5.41) is 3.50. The first-order valence-corrected chi connectivity index (χ1v) is 9.53. The summed E-state index contributed by atoms with van der Waals surface area (Å²) in [6.07, 6.45) is 3.38. The van der Waals surface area contributed by atoms with Gasteiger partial charge in [-0.3, -0.25) is 0 Å². The molecule has 1 unspecified atom stereocenters. The van der Waals surface area contributed by atoms with Crippen molar-refractivity contribution in [1.82, 2.24) is 5.32 Å². The molecule has 5 heteroatoms. The molecule has 1 aliphatic rings. The number of rotatable bonds is 7. The van der Waals surface area contributed by atoms with Crippen molar-refractivity contribution in [3.8, 4) is 0 Å². The number of anilines is 1. The summed E-state index contributed by atoms with van der Waals surface area (Å²) in [4.78, 5) is 2.70. The van der Waals surface area contributed by atoms with Gasteiger partial charge in [0.1, 0.15) is 0 Å². The van der Waals surface area contributed by atoms with Crippen LogP contribution in [0, 0.1) is 0 Å². The Labute approximate surface area is 128 Å². The van der Waals surface area contributed by atoms with E-state index in [9.17, 15) is 8.42 Å². The fraction of sp³-hybridized carbons (Fsp3) is 0.625. The van der Waals surface area contributed by atoms with Crippen LogP contribution in [0.3, 0.4) is 0 Å². The molecule has 21 heavy (non-hydrogen) atoms. The van der Waals surface area contributed by atoms with Crippen LogP contribution in [0.15, 0.2) is 29.2 Å². The minimum absolute atomic E-state index is 0.145. The minimum Gasteiger partial charge on any atom is -0.369 e. The first-order chi connectivity index (χ1) is 10.1. The standard InChI is InChI=1S/C16H26N2O2S/c1-3-12-18(13-14-8-7-11-17-14)15-9-5-6-10-16(15)21(19,20)4-2/h5-6,9-10,14,17H,3-4,7-8,11-13H2,1-2H3. The predicted octanol–water partition coefficient (Wildman–Crippen LogP) is 2.45. The van der Waals surface area contributed by atoms with Crippen LogP contribution >= 0.6 is 0 Å². The highest BCUT2D eigenvalue weighted by molar-refractivity contribution is 7.91. The number of nitrogens with zero attached hydrogens (tertiary/aromatic N) is 1. The average molecular weight is 310 g/mol. The van der Waals surface area contributed by atoms with E-state index < -0.39 is 9.84 Å². The van der Waals surface area contributed by atoms with E-state index in [0.29, 0.717) is 10.9 Å². The summed E-state index contributed by atoms with van der Waals surface area (Å²) in [5.74, 6) is 0.145. The summed E-state index contributed by atoms with van der Waals surface area (Å²) in [6.45, 7) is 6.67. The maximum absolute atomic E-state index is 12.3. The van der Waals surface area contributed by atoms with Gasteiger partial charge in [-0.2, -0.15) is 0 Å². The van der Waals surface area contributed by atoms with Crippen molar-refractivity contribution in [3.05, 3.63) is 24.3 Å². The molecule has 1 fully saturated rings. The molecule has 118 valence electrons. The molecule has 1 aromatic rings. The van der Waals surface area contributed by atoms with Crippen LogP contribution in [0.5, 0.6) is 0 Å². The van der Waals surface area contributed by atoms with E-state index in [0.717, 1.165) is 31.7 Å². The highest BCUT2D eigenvalue weighted by Gasteiger charge is 2.23. The molecule has 1 aromatic carbocycles. The molecular weight excluding hydrogens is 284 g/mol. The van der Waals surface area contributed by atoms with Crippen molar-refractivity contribution in [1.29, 1.82) is 0 Å². The van der Waals surface area contributed by atoms with Crippen molar-refractivity contribution in [2.75, 3.05) is 30.3 Å². The van der Waals surface area contributed by atoms with Crippen LogP contribution in [-0.2, 0) is 9.84 Å². The number of para-hydroxylation sites is 1. The monoisotopic (exact) mass is 310 g/mol. The molecule has 0 radical (unpaired) electrons. The van der Waals surface area contributed by atoms with Crippen LogP contribution < -0.4 is 10.2 Å². The van der Waals surface area contributed by atoms with Gasteiger partial charge in [-0.25, -0.2) is 8.42 Å². The molecule has 0 spiro atoms. The molecule has 0 amide bonds. The van der Waals surface area contributed by atoms with Crippen molar-refractivity contribution in [2.45, 2.75) is 44.0 Å². The Hall–Kier alpha value is -1.07. The molecule has 1 atom stereocenters. The van der Waals surface area contributed by atoms with Gasteiger partial charge in [-0.15, -0.1) is 0 Å². The molecule has 1 saturated heterocycles. The molecule has 2 rings (SSSR count). The molecular formula is C16H26N2O2S. The van der Waals surface area contributed by atoms with Gasteiger partial charge in [-0.1, -0.05) is 26.0 Å². The summed E-state index contributed by atoms with van der Waals surface area (Å²) in [5.41, 5.74) is 0.856. The topological polar surface area (TPSA) is 49.4 Å². The minimum atomic E-state index is -3.19. The SMILES string of the molecule is CCCN(CC1CCCN1)c1ccccc1S(=O)(=O)CC. The Bertz CT molecular complexity index is 551.